The second-order valence-corrected chi connectivity index (χ2v) is 7.14. The second-order valence-electron chi connectivity index (χ2n) is 7.14. The topological polar surface area (TPSA) is 83.3 Å². The van der Waals surface area contributed by atoms with Crippen LogP contribution >= 0.6 is 0 Å². The first-order chi connectivity index (χ1) is 15.0. The van der Waals surface area contributed by atoms with Gasteiger partial charge in [0.25, 0.3) is 0 Å². The van der Waals surface area contributed by atoms with Gasteiger partial charge in [0.15, 0.2) is 16.7 Å². The van der Waals surface area contributed by atoms with Crippen LogP contribution < -0.4 is 5.49 Å². The maximum absolute atomic E-state index is 14.2. The number of imidazole rings is 1. The summed E-state index contributed by atoms with van der Waals surface area (Å²) in [6.45, 7) is 2.53. The van der Waals surface area contributed by atoms with Crippen LogP contribution in [-0.4, -0.2) is 19.1 Å². The van der Waals surface area contributed by atoms with Crippen molar-refractivity contribution < 1.29 is 8.78 Å². The van der Waals surface area contributed by atoms with E-state index in [1.807, 2.05) is 25.1 Å². The zero-order valence-corrected chi connectivity index (χ0v) is 16.7. The molecule has 0 spiro atoms. The van der Waals surface area contributed by atoms with Crippen LogP contribution in [0.1, 0.15) is 24.5 Å². The van der Waals surface area contributed by atoms with E-state index >= 15 is 0 Å². The van der Waals surface area contributed by atoms with Crippen LogP contribution in [0.2, 0.25) is 0 Å². The predicted octanol–water partition coefficient (Wildman–Crippen LogP) is 4.34. The number of nitrogens with zero attached hydrogens (tertiary/aromatic N) is 5. The van der Waals surface area contributed by atoms with E-state index in [0.29, 0.717) is 29.7 Å². The van der Waals surface area contributed by atoms with Crippen molar-refractivity contribution in [3.8, 4) is 11.8 Å². The fraction of sp³-hybridized carbons (Fsp3) is 0.130. The third kappa shape index (κ3) is 4.12. The minimum absolute atomic E-state index is 0.120. The summed E-state index contributed by atoms with van der Waals surface area (Å²) in [7, 11) is 0. The fourth-order valence-electron chi connectivity index (χ4n) is 3.28. The molecule has 0 fully saturated rings. The van der Waals surface area contributed by atoms with Gasteiger partial charge in [-0.25, -0.2) is 18.7 Å². The lowest BCUT2D eigenvalue weighted by molar-refractivity contribution is 0.578. The molecule has 0 saturated heterocycles. The average molecular weight is 416 g/mol. The maximum atomic E-state index is 14.2. The quantitative estimate of drug-likeness (QED) is 0.525. The Morgan fingerprint density at radius 2 is 1.90 bits per heavy atom. The van der Waals surface area contributed by atoms with Crippen LogP contribution in [0, 0.1) is 28.4 Å². The third-order valence-corrected chi connectivity index (χ3v) is 4.94. The van der Waals surface area contributed by atoms with Gasteiger partial charge < -0.3 is 4.57 Å². The van der Waals surface area contributed by atoms with Gasteiger partial charge in [-0.2, -0.15) is 5.26 Å². The summed E-state index contributed by atoms with van der Waals surface area (Å²) in [4.78, 5) is 8.58. The summed E-state index contributed by atoms with van der Waals surface area (Å²) >= 11 is 0. The van der Waals surface area contributed by atoms with E-state index in [1.165, 1.54) is 23.3 Å². The molecule has 0 aliphatic heterocycles. The van der Waals surface area contributed by atoms with Gasteiger partial charge in [-0.1, -0.05) is 23.8 Å². The second kappa shape index (κ2) is 8.32. The van der Waals surface area contributed by atoms with Gasteiger partial charge in [0.2, 0.25) is 0 Å². The summed E-state index contributed by atoms with van der Waals surface area (Å²) in [6.07, 6.45) is 5.63. The van der Waals surface area contributed by atoms with E-state index < -0.39 is 11.6 Å². The van der Waals surface area contributed by atoms with Crippen LogP contribution in [0.25, 0.3) is 22.9 Å². The lowest BCUT2D eigenvalue weighted by Gasteiger charge is -2.09. The molecule has 31 heavy (non-hydrogen) atoms. The van der Waals surface area contributed by atoms with E-state index in [2.05, 4.69) is 16.0 Å². The third-order valence-electron chi connectivity index (χ3n) is 4.94. The number of rotatable bonds is 5. The summed E-state index contributed by atoms with van der Waals surface area (Å²) in [5.41, 5.74) is 3.67. The number of aryl methyl sites for hydroxylation is 1. The van der Waals surface area contributed by atoms with Crippen LogP contribution in [0.5, 0.6) is 0 Å². The molecule has 0 bridgehead atoms. The zero-order valence-electron chi connectivity index (χ0n) is 16.7. The number of benzene rings is 2. The van der Waals surface area contributed by atoms with Gasteiger partial charge in [-0.3, -0.25) is 9.98 Å². The lowest BCUT2D eigenvalue weighted by Crippen LogP contribution is -2.21. The van der Waals surface area contributed by atoms with Gasteiger partial charge in [0.1, 0.15) is 18.0 Å². The molecule has 0 saturated carbocycles. The Bertz CT molecular complexity index is 1390. The first-order valence-electron chi connectivity index (χ1n) is 9.56. The maximum Gasteiger partial charge on any atom is 0.170 e. The highest BCUT2D eigenvalue weighted by Gasteiger charge is 2.13. The van der Waals surface area contributed by atoms with Gasteiger partial charge >= 0.3 is 0 Å². The molecule has 2 heterocycles. The van der Waals surface area contributed by atoms with Crippen molar-refractivity contribution in [1.82, 2.24) is 19.1 Å². The van der Waals surface area contributed by atoms with Crippen molar-refractivity contribution in [1.29, 1.82) is 10.7 Å². The van der Waals surface area contributed by atoms with Crippen LogP contribution in [0.3, 0.4) is 0 Å². The molecule has 0 unspecified atom stereocenters. The van der Waals surface area contributed by atoms with Gasteiger partial charge in [-0.15, -0.1) is 0 Å². The number of nitrogens with one attached hydrogen (secondary N) is 1. The van der Waals surface area contributed by atoms with E-state index in [9.17, 15) is 8.78 Å². The molecule has 0 aliphatic rings. The lowest BCUT2D eigenvalue weighted by atomic mass is 10.1. The molecule has 2 aromatic carbocycles. The number of hydrogen-bond acceptors (Lipinski definition) is 4. The van der Waals surface area contributed by atoms with Crippen LogP contribution in [0.4, 0.5) is 8.78 Å². The molecule has 0 radical (unpaired) electrons. The molecular formula is C23H18F2N6. The van der Waals surface area contributed by atoms with E-state index in [1.54, 1.807) is 16.7 Å². The Kier molecular flexibility index (Phi) is 5.41. The first-order valence-corrected chi connectivity index (χ1v) is 9.56. The number of hydrogen-bond donors (Lipinski definition) is 1. The molecule has 0 aliphatic carbocycles. The van der Waals surface area contributed by atoms with Crippen LogP contribution in [-0.2, 0) is 6.54 Å². The van der Waals surface area contributed by atoms with Crippen molar-refractivity contribution in [3.63, 3.8) is 0 Å². The Hall–Kier alpha value is -4.12. The molecular weight excluding hydrogens is 398 g/mol. The zero-order chi connectivity index (χ0) is 22.0. The Labute approximate surface area is 176 Å². The summed E-state index contributed by atoms with van der Waals surface area (Å²) < 4.78 is 30.5. The molecule has 6 nitrogen and oxygen atoms in total. The number of nitriles is 1. The minimum atomic E-state index is -0.729. The largest absolute Gasteiger partial charge is 0.315 e. The molecule has 4 rings (SSSR count). The van der Waals surface area contributed by atoms with E-state index in [0.717, 1.165) is 23.3 Å². The minimum Gasteiger partial charge on any atom is -0.315 e. The van der Waals surface area contributed by atoms with Crippen LogP contribution in [0.15, 0.2) is 60.7 Å². The highest BCUT2D eigenvalue weighted by molar-refractivity contribution is 5.71. The highest BCUT2D eigenvalue weighted by Crippen LogP contribution is 2.18. The molecule has 2 aromatic heterocycles. The monoisotopic (exact) mass is 416 g/mol. The number of aromatic nitrogens is 4. The normalized spacial score (nSPS) is 11.6. The van der Waals surface area contributed by atoms with Crippen molar-refractivity contribution in [2.45, 2.75) is 19.9 Å². The molecule has 0 amide bonds. The summed E-state index contributed by atoms with van der Waals surface area (Å²) in [6, 6.07) is 12.7. The number of allylic oxidation sites excluding steroid dienone is 1. The summed E-state index contributed by atoms with van der Waals surface area (Å²) in [5.74, 6) is -1.39. The Balaban J connectivity index is 1.56. The first kappa shape index (κ1) is 20.2. The average Bonchev–Trinajstić information content (AvgIpc) is 3.18. The van der Waals surface area contributed by atoms with Crippen molar-refractivity contribution in [2.24, 2.45) is 0 Å². The van der Waals surface area contributed by atoms with E-state index in [-0.39, 0.29) is 11.2 Å². The SMILES string of the molecule is CC(=Cc1ccc(C#N)cc1)CCn1cnc2c(ncn2-c2ccc(F)cc2F)c1=N. The number of halogens is 2. The standard InChI is InChI=1S/C23H18F2N6/c1-15(10-16-2-4-17(12-26)5-3-16)8-9-30-13-29-23-21(22(30)27)28-14-31(23)20-7-6-18(24)11-19(20)25/h2-7,10-11,13-14,27H,8-9H2,1H3. The van der Waals surface area contributed by atoms with Crippen molar-refractivity contribution >= 4 is 17.2 Å². The smallest absolute Gasteiger partial charge is 0.170 e. The Morgan fingerprint density at radius 3 is 2.61 bits per heavy atom. The number of fused-ring (bicyclic) bond motifs is 1. The predicted molar refractivity (Wildman–Crippen MR) is 112 cm³/mol. The summed E-state index contributed by atoms with van der Waals surface area (Å²) in [5, 5.41) is 17.3. The van der Waals surface area contributed by atoms with Crippen molar-refractivity contribution in [3.05, 3.63) is 88.9 Å². The Morgan fingerprint density at radius 1 is 1.13 bits per heavy atom. The molecule has 0 atom stereocenters. The fourth-order valence-corrected chi connectivity index (χ4v) is 3.28. The van der Waals surface area contributed by atoms with Gasteiger partial charge in [0.05, 0.1) is 23.6 Å². The van der Waals surface area contributed by atoms with Crippen molar-refractivity contribution in [2.75, 3.05) is 0 Å². The highest BCUT2D eigenvalue weighted by atomic mass is 19.1. The van der Waals surface area contributed by atoms with Gasteiger partial charge in [0, 0.05) is 12.6 Å². The molecule has 8 heteroatoms. The molecule has 154 valence electrons. The molecule has 1 N–H and O–H groups in total. The molecule has 4 aromatic rings. The van der Waals surface area contributed by atoms with Gasteiger partial charge in [-0.05, 0) is 43.2 Å². The van der Waals surface area contributed by atoms with E-state index in [4.69, 9.17) is 10.7 Å².